The first-order valence-electron chi connectivity index (χ1n) is 6.83. The summed E-state index contributed by atoms with van der Waals surface area (Å²) in [5, 5.41) is 3.70. The fraction of sp³-hybridized carbons (Fsp3) is 0.500. The molecule has 0 fully saturated rings. The Kier molecular flexibility index (Phi) is 5.33. The van der Waals surface area contributed by atoms with Gasteiger partial charge in [0.25, 0.3) is 0 Å². The highest BCUT2D eigenvalue weighted by Gasteiger charge is 2.23. The highest BCUT2D eigenvalue weighted by atomic mass is 32.2. The Balaban J connectivity index is 1.90. The van der Waals surface area contributed by atoms with Crippen LogP contribution in [0.1, 0.15) is 42.9 Å². The lowest BCUT2D eigenvalue weighted by Crippen LogP contribution is -2.28. The maximum absolute atomic E-state index is 3.75. The van der Waals surface area contributed by atoms with Crippen LogP contribution in [0.5, 0.6) is 0 Å². The van der Waals surface area contributed by atoms with Gasteiger partial charge in [-0.25, -0.2) is 0 Å². The van der Waals surface area contributed by atoms with E-state index in [0.717, 1.165) is 18.2 Å². The average Bonchev–Trinajstić information content (AvgIpc) is 2.41. The third kappa shape index (κ3) is 3.39. The van der Waals surface area contributed by atoms with Crippen LogP contribution in [0.3, 0.4) is 0 Å². The Morgan fingerprint density at radius 3 is 2.89 bits per heavy atom. The Hall–Kier alpha value is -0.730. The van der Waals surface area contributed by atoms with Crippen LogP contribution in [0.4, 0.5) is 0 Å². The van der Waals surface area contributed by atoms with E-state index in [9.17, 15) is 0 Å². The molecule has 1 N–H and O–H groups in total. The first-order valence-corrected chi connectivity index (χ1v) is 7.99. The van der Waals surface area contributed by atoms with Crippen LogP contribution in [0, 0.1) is 0 Å². The molecule has 0 aromatic heterocycles. The van der Waals surface area contributed by atoms with E-state index in [0.29, 0.717) is 6.04 Å². The Bertz CT molecular complexity index is 388. The lowest BCUT2D eigenvalue weighted by molar-refractivity contribution is 0.442. The molecule has 1 aliphatic carbocycles. The van der Waals surface area contributed by atoms with Crippen LogP contribution in [-0.4, -0.2) is 18.1 Å². The lowest BCUT2D eigenvalue weighted by Gasteiger charge is -2.30. The molecular formula is C16H23NS. The van der Waals surface area contributed by atoms with Crippen molar-refractivity contribution in [1.29, 1.82) is 0 Å². The molecule has 0 saturated carbocycles. The van der Waals surface area contributed by atoms with Crippen molar-refractivity contribution in [3.63, 3.8) is 0 Å². The van der Waals surface area contributed by atoms with Gasteiger partial charge in [-0.15, -0.1) is 6.58 Å². The predicted octanol–water partition coefficient (Wildman–Crippen LogP) is 4.13. The van der Waals surface area contributed by atoms with Gasteiger partial charge in [0, 0.05) is 24.1 Å². The SMILES string of the molecule is C=CCSCCNC1CCC(C)c2ccccc21. The fourth-order valence-electron chi connectivity index (χ4n) is 2.69. The summed E-state index contributed by atoms with van der Waals surface area (Å²) in [6.07, 6.45) is 4.54. The molecular weight excluding hydrogens is 238 g/mol. The minimum absolute atomic E-state index is 0.557. The molecule has 0 radical (unpaired) electrons. The van der Waals surface area contributed by atoms with Gasteiger partial charge in [0.05, 0.1) is 0 Å². The van der Waals surface area contributed by atoms with Crippen molar-refractivity contribution in [2.45, 2.75) is 31.7 Å². The Morgan fingerprint density at radius 1 is 1.33 bits per heavy atom. The van der Waals surface area contributed by atoms with Crippen molar-refractivity contribution < 1.29 is 0 Å². The molecule has 1 aromatic carbocycles. The summed E-state index contributed by atoms with van der Waals surface area (Å²) < 4.78 is 0. The minimum atomic E-state index is 0.557. The second-order valence-electron chi connectivity index (χ2n) is 4.98. The third-order valence-electron chi connectivity index (χ3n) is 3.66. The molecule has 0 spiro atoms. The van der Waals surface area contributed by atoms with Crippen LogP contribution >= 0.6 is 11.8 Å². The molecule has 1 aromatic rings. The first kappa shape index (κ1) is 13.7. The third-order valence-corrected chi connectivity index (χ3v) is 4.63. The van der Waals surface area contributed by atoms with Crippen molar-refractivity contribution in [2.75, 3.05) is 18.1 Å². The lowest BCUT2D eigenvalue weighted by atomic mass is 9.81. The van der Waals surface area contributed by atoms with Crippen molar-refractivity contribution in [1.82, 2.24) is 5.32 Å². The van der Waals surface area contributed by atoms with Crippen molar-refractivity contribution >= 4 is 11.8 Å². The van der Waals surface area contributed by atoms with Gasteiger partial charge < -0.3 is 5.32 Å². The van der Waals surface area contributed by atoms with E-state index in [1.54, 1.807) is 5.56 Å². The summed E-state index contributed by atoms with van der Waals surface area (Å²) in [7, 11) is 0. The van der Waals surface area contributed by atoms with E-state index >= 15 is 0 Å². The zero-order chi connectivity index (χ0) is 12.8. The highest BCUT2D eigenvalue weighted by molar-refractivity contribution is 7.99. The number of thioether (sulfide) groups is 1. The van der Waals surface area contributed by atoms with Crippen LogP contribution in [0.25, 0.3) is 0 Å². The summed E-state index contributed by atoms with van der Waals surface area (Å²) in [5.74, 6) is 2.94. The molecule has 0 heterocycles. The van der Waals surface area contributed by atoms with Crippen LogP contribution in [0.2, 0.25) is 0 Å². The monoisotopic (exact) mass is 261 g/mol. The number of rotatable bonds is 6. The first-order chi connectivity index (χ1) is 8.83. The van der Waals surface area contributed by atoms with Gasteiger partial charge in [-0.1, -0.05) is 37.3 Å². The largest absolute Gasteiger partial charge is 0.309 e. The van der Waals surface area contributed by atoms with Crippen LogP contribution in [0.15, 0.2) is 36.9 Å². The predicted molar refractivity (Wildman–Crippen MR) is 82.4 cm³/mol. The molecule has 2 rings (SSSR count). The molecule has 2 atom stereocenters. The van der Waals surface area contributed by atoms with Gasteiger partial charge in [0.2, 0.25) is 0 Å². The van der Waals surface area contributed by atoms with E-state index in [-0.39, 0.29) is 0 Å². The second kappa shape index (κ2) is 7.01. The summed E-state index contributed by atoms with van der Waals surface area (Å²) >= 11 is 1.94. The number of fused-ring (bicyclic) bond motifs is 1. The van der Waals surface area contributed by atoms with E-state index in [1.807, 2.05) is 17.8 Å². The number of benzene rings is 1. The maximum Gasteiger partial charge on any atom is 0.0323 e. The number of nitrogens with one attached hydrogen (secondary N) is 1. The standard InChI is InChI=1S/C16H23NS/c1-3-11-18-12-10-17-16-9-8-13(2)14-6-4-5-7-15(14)16/h3-7,13,16-17H,1,8-12H2,2H3. The van der Waals surface area contributed by atoms with E-state index in [2.05, 4.69) is 43.1 Å². The summed E-state index contributed by atoms with van der Waals surface area (Å²) in [4.78, 5) is 0. The normalized spacial score (nSPS) is 22.5. The molecule has 18 heavy (non-hydrogen) atoms. The van der Waals surface area contributed by atoms with E-state index in [4.69, 9.17) is 0 Å². The van der Waals surface area contributed by atoms with Gasteiger partial charge in [-0.2, -0.15) is 11.8 Å². The molecule has 0 saturated heterocycles. The van der Waals surface area contributed by atoms with Gasteiger partial charge >= 0.3 is 0 Å². The molecule has 98 valence electrons. The summed E-state index contributed by atoms with van der Waals surface area (Å²) in [6.45, 7) is 7.18. The maximum atomic E-state index is 3.75. The van der Waals surface area contributed by atoms with Gasteiger partial charge in [0.1, 0.15) is 0 Å². The molecule has 2 unspecified atom stereocenters. The quantitative estimate of drug-likeness (QED) is 0.610. The molecule has 2 heteroatoms. The van der Waals surface area contributed by atoms with Gasteiger partial charge in [-0.3, -0.25) is 0 Å². The topological polar surface area (TPSA) is 12.0 Å². The zero-order valence-corrected chi connectivity index (χ0v) is 12.0. The highest BCUT2D eigenvalue weighted by Crippen LogP contribution is 2.36. The van der Waals surface area contributed by atoms with Crippen molar-refractivity contribution in [3.05, 3.63) is 48.0 Å². The zero-order valence-electron chi connectivity index (χ0n) is 11.2. The minimum Gasteiger partial charge on any atom is -0.309 e. The fourth-order valence-corrected chi connectivity index (χ4v) is 3.28. The molecule has 0 aliphatic heterocycles. The molecule has 0 bridgehead atoms. The van der Waals surface area contributed by atoms with Crippen LogP contribution < -0.4 is 5.32 Å². The van der Waals surface area contributed by atoms with Crippen molar-refractivity contribution in [2.24, 2.45) is 0 Å². The van der Waals surface area contributed by atoms with Gasteiger partial charge in [0.15, 0.2) is 0 Å². The van der Waals surface area contributed by atoms with Gasteiger partial charge in [-0.05, 0) is 29.9 Å². The van der Waals surface area contributed by atoms with Crippen LogP contribution in [-0.2, 0) is 0 Å². The van der Waals surface area contributed by atoms with E-state index in [1.165, 1.54) is 24.2 Å². The average molecular weight is 261 g/mol. The smallest absolute Gasteiger partial charge is 0.0323 e. The Morgan fingerprint density at radius 2 is 2.11 bits per heavy atom. The summed E-state index contributed by atoms with van der Waals surface area (Å²) in [5.41, 5.74) is 3.06. The summed E-state index contributed by atoms with van der Waals surface area (Å²) in [6, 6.07) is 9.47. The molecule has 1 nitrogen and oxygen atoms in total. The molecule has 0 amide bonds. The number of hydrogen-bond donors (Lipinski definition) is 1. The van der Waals surface area contributed by atoms with Crippen molar-refractivity contribution in [3.8, 4) is 0 Å². The number of hydrogen-bond acceptors (Lipinski definition) is 2. The molecule has 1 aliphatic rings. The Labute approximate surface area is 115 Å². The van der Waals surface area contributed by atoms with E-state index < -0.39 is 0 Å². The second-order valence-corrected chi connectivity index (χ2v) is 6.13.